The van der Waals surface area contributed by atoms with Crippen molar-refractivity contribution in [3.63, 3.8) is 0 Å². The fourth-order valence-corrected chi connectivity index (χ4v) is 5.85. The summed E-state index contributed by atoms with van der Waals surface area (Å²) < 4.78 is 0. The van der Waals surface area contributed by atoms with Crippen molar-refractivity contribution in [3.8, 4) is 0 Å². The van der Waals surface area contributed by atoms with Crippen molar-refractivity contribution in [2.45, 2.75) is 80.9 Å². The minimum atomic E-state index is -0.121. The van der Waals surface area contributed by atoms with Crippen molar-refractivity contribution in [2.75, 3.05) is 37.4 Å². The number of pyridine rings is 1. The predicted octanol–water partition coefficient (Wildman–Crippen LogP) is 4.40. The van der Waals surface area contributed by atoms with Crippen LogP contribution in [0.5, 0.6) is 0 Å². The molecule has 1 spiro atoms. The van der Waals surface area contributed by atoms with E-state index in [4.69, 9.17) is 26.7 Å². The van der Waals surface area contributed by atoms with Crippen LogP contribution in [0.1, 0.15) is 62.8 Å². The third kappa shape index (κ3) is 7.20. The Kier molecular flexibility index (Phi) is 10.4. The Balaban J connectivity index is 0.000000508. The van der Waals surface area contributed by atoms with Gasteiger partial charge in [0.15, 0.2) is 5.82 Å². The second-order valence-corrected chi connectivity index (χ2v) is 10.7. The summed E-state index contributed by atoms with van der Waals surface area (Å²) in [5, 5.41) is 22.5. The maximum absolute atomic E-state index is 9.99. The van der Waals surface area contributed by atoms with Crippen LogP contribution in [0, 0.1) is 12.3 Å². The molecule has 1 saturated heterocycles. The number of anilines is 2. The van der Waals surface area contributed by atoms with Crippen LogP contribution < -0.4 is 16.0 Å². The minimum Gasteiger partial charge on any atom is -0.393 e. The van der Waals surface area contributed by atoms with Crippen LogP contribution in [0.4, 0.5) is 11.6 Å². The number of halogens is 1. The molecule has 2 saturated carbocycles. The molecular formula is C25H39ClN6O2S. The zero-order valence-corrected chi connectivity index (χ0v) is 22.6. The van der Waals surface area contributed by atoms with Crippen molar-refractivity contribution in [1.82, 2.24) is 15.0 Å². The highest BCUT2D eigenvalue weighted by Gasteiger charge is 2.37. The lowest BCUT2D eigenvalue weighted by Gasteiger charge is -2.40. The van der Waals surface area contributed by atoms with Crippen LogP contribution in [-0.2, 0) is 6.61 Å². The van der Waals surface area contributed by atoms with E-state index in [2.05, 4.69) is 20.9 Å². The van der Waals surface area contributed by atoms with E-state index in [0.717, 1.165) is 47.4 Å². The van der Waals surface area contributed by atoms with Gasteiger partial charge in [-0.3, -0.25) is 0 Å². The van der Waals surface area contributed by atoms with Gasteiger partial charge in [-0.1, -0.05) is 36.2 Å². The number of nitrogens with one attached hydrogen (secondary N) is 1. The Labute approximate surface area is 218 Å². The minimum absolute atomic E-state index is 0.0833. The number of aryl methyl sites for hydroxylation is 1. The summed E-state index contributed by atoms with van der Waals surface area (Å²) in [6.45, 7) is 3.84. The molecule has 0 radical (unpaired) electrons. The van der Waals surface area contributed by atoms with Gasteiger partial charge in [0.2, 0.25) is 0 Å². The Hall–Kier alpha value is -1.65. The highest BCUT2D eigenvalue weighted by molar-refractivity contribution is 7.99. The number of aliphatic hydroxyl groups excluding tert-OH is 2. The zero-order chi connectivity index (χ0) is 25.4. The van der Waals surface area contributed by atoms with Crippen LogP contribution in [0.3, 0.4) is 0 Å². The van der Waals surface area contributed by atoms with Crippen molar-refractivity contribution in [3.05, 3.63) is 28.7 Å². The second-order valence-electron chi connectivity index (χ2n) is 9.29. The maximum Gasteiger partial charge on any atom is 0.153 e. The molecule has 2 aliphatic carbocycles. The average molecular weight is 523 g/mol. The monoisotopic (exact) mass is 522 g/mol. The number of hydrogen-bond donors (Lipinski definition) is 4. The lowest BCUT2D eigenvalue weighted by Crippen LogP contribution is -2.40. The van der Waals surface area contributed by atoms with E-state index in [-0.39, 0.29) is 12.7 Å². The Morgan fingerprint density at radius 2 is 1.80 bits per heavy atom. The van der Waals surface area contributed by atoms with E-state index < -0.39 is 0 Å². The standard InChI is InChI=1S/C21H28ClN5OS.C3H6O.CH5N/c1-14-20(29-16-5-10-24-18(23-2)17(16)22)26-15(13-28)19(25-14)27-11-8-21(9-12-27)6-3-4-7-21;4-3-1-2-3;1-2/h5,10,28H,3-4,6-9,11-13H2,1-2H3,(H,23,24);3-4H,1-2H2;2H2,1H3. The molecule has 5 N–H and O–H groups in total. The summed E-state index contributed by atoms with van der Waals surface area (Å²) in [4.78, 5) is 17.0. The van der Waals surface area contributed by atoms with Gasteiger partial charge in [-0.15, -0.1) is 0 Å². The summed E-state index contributed by atoms with van der Waals surface area (Å²) in [6, 6.07) is 1.87. The summed E-state index contributed by atoms with van der Waals surface area (Å²) in [6.07, 6.45) is 11.8. The number of aromatic nitrogens is 3. The molecule has 3 aliphatic rings. The first-order valence-electron chi connectivity index (χ1n) is 12.4. The van der Waals surface area contributed by atoms with E-state index in [1.807, 2.05) is 13.0 Å². The van der Waals surface area contributed by atoms with Gasteiger partial charge >= 0.3 is 0 Å². The van der Waals surface area contributed by atoms with E-state index >= 15 is 0 Å². The van der Waals surface area contributed by atoms with Crippen LogP contribution in [0.15, 0.2) is 22.2 Å². The van der Waals surface area contributed by atoms with Gasteiger partial charge in [0, 0.05) is 31.2 Å². The first-order chi connectivity index (χ1) is 16.9. The van der Waals surface area contributed by atoms with Gasteiger partial charge in [-0.25, -0.2) is 15.0 Å². The topological polar surface area (TPSA) is 120 Å². The molecule has 35 heavy (non-hydrogen) atoms. The first-order valence-corrected chi connectivity index (χ1v) is 13.6. The summed E-state index contributed by atoms with van der Waals surface area (Å²) in [5.41, 5.74) is 6.54. The number of hydrogen-bond acceptors (Lipinski definition) is 9. The van der Waals surface area contributed by atoms with Gasteiger partial charge in [0.1, 0.15) is 16.5 Å². The van der Waals surface area contributed by atoms with E-state index in [1.54, 1.807) is 13.2 Å². The lowest BCUT2D eigenvalue weighted by molar-refractivity contribution is 0.224. The number of rotatable bonds is 5. The SMILES string of the molecule is CN.CNc1nccc(Sc2nc(CO)c(N3CCC4(CCCC4)CC3)nc2C)c1Cl.OC1CC1. The number of nitrogens with zero attached hydrogens (tertiary/aromatic N) is 4. The Morgan fingerprint density at radius 1 is 1.17 bits per heavy atom. The largest absolute Gasteiger partial charge is 0.393 e. The number of nitrogens with two attached hydrogens (primary N) is 1. The average Bonchev–Trinajstić information content (AvgIpc) is 3.54. The molecule has 0 atom stereocenters. The highest BCUT2D eigenvalue weighted by atomic mass is 35.5. The lowest BCUT2D eigenvalue weighted by atomic mass is 9.77. The van der Waals surface area contributed by atoms with Gasteiger partial charge in [-0.2, -0.15) is 0 Å². The normalized spacial score (nSPS) is 18.4. The smallest absolute Gasteiger partial charge is 0.153 e. The van der Waals surface area contributed by atoms with E-state index in [1.165, 1.54) is 57.3 Å². The molecule has 0 aromatic carbocycles. The number of aliphatic hydroxyl groups is 2. The molecule has 2 aromatic rings. The molecule has 1 aliphatic heterocycles. The van der Waals surface area contributed by atoms with Crippen LogP contribution in [0.25, 0.3) is 0 Å². The molecular weight excluding hydrogens is 484 g/mol. The molecule has 10 heteroatoms. The Morgan fingerprint density at radius 3 is 2.34 bits per heavy atom. The zero-order valence-electron chi connectivity index (χ0n) is 21.1. The fraction of sp³-hybridized carbons (Fsp3) is 0.640. The van der Waals surface area contributed by atoms with Gasteiger partial charge in [-0.05, 0) is 64.0 Å². The van der Waals surface area contributed by atoms with E-state index in [0.29, 0.717) is 21.9 Å². The molecule has 3 heterocycles. The summed E-state index contributed by atoms with van der Waals surface area (Å²) >= 11 is 7.90. The van der Waals surface area contributed by atoms with Crippen LogP contribution >= 0.6 is 23.4 Å². The van der Waals surface area contributed by atoms with Crippen LogP contribution in [0.2, 0.25) is 5.02 Å². The van der Waals surface area contributed by atoms with Gasteiger partial charge in [0.05, 0.1) is 23.4 Å². The highest BCUT2D eigenvalue weighted by Crippen LogP contribution is 2.47. The van der Waals surface area contributed by atoms with Crippen molar-refractivity contribution in [2.24, 2.45) is 11.1 Å². The van der Waals surface area contributed by atoms with E-state index in [9.17, 15) is 5.11 Å². The third-order valence-corrected chi connectivity index (χ3v) is 8.49. The Bertz CT molecular complexity index is 959. The first kappa shape index (κ1) is 27.9. The quantitative estimate of drug-likeness (QED) is 0.452. The molecule has 2 aromatic heterocycles. The predicted molar refractivity (Wildman–Crippen MR) is 143 cm³/mol. The maximum atomic E-state index is 9.99. The summed E-state index contributed by atoms with van der Waals surface area (Å²) in [7, 11) is 3.29. The summed E-state index contributed by atoms with van der Waals surface area (Å²) in [5.74, 6) is 1.47. The molecule has 8 nitrogen and oxygen atoms in total. The van der Waals surface area contributed by atoms with Gasteiger partial charge in [0.25, 0.3) is 0 Å². The third-order valence-electron chi connectivity index (χ3n) is 6.86. The van der Waals surface area contributed by atoms with Crippen LogP contribution in [-0.4, -0.2) is 58.5 Å². The van der Waals surface area contributed by atoms with Crippen molar-refractivity contribution < 1.29 is 10.2 Å². The molecule has 194 valence electrons. The van der Waals surface area contributed by atoms with Crippen molar-refractivity contribution in [1.29, 1.82) is 0 Å². The molecule has 0 bridgehead atoms. The second kappa shape index (κ2) is 13.1. The van der Waals surface area contributed by atoms with Crippen molar-refractivity contribution >= 4 is 35.0 Å². The molecule has 0 unspecified atom stereocenters. The fourth-order valence-electron chi connectivity index (χ4n) is 4.66. The molecule has 0 amide bonds. The molecule has 3 fully saturated rings. The number of piperidine rings is 1. The molecule has 5 rings (SSSR count). The van der Waals surface area contributed by atoms with Gasteiger partial charge < -0.3 is 26.2 Å².